The molecule has 0 unspecified atom stereocenters. The molecule has 2 heteroatoms. The maximum atomic E-state index is 11.1. The highest BCUT2D eigenvalue weighted by atomic mass is 35.5. The second-order valence-corrected chi connectivity index (χ2v) is 4.41. The Morgan fingerprint density at radius 2 is 2.00 bits per heavy atom. The van der Waals surface area contributed by atoms with E-state index in [9.17, 15) is 4.79 Å². The lowest BCUT2D eigenvalue weighted by atomic mass is 9.99. The fourth-order valence-corrected chi connectivity index (χ4v) is 2.00. The van der Waals surface area contributed by atoms with E-state index in [0.717, 1.165) is 34.6 Å². The number of rotatable bonds is 4. The first-order valence-electron chi connectivity index (χ1n) is 5.32. The standard InChI is InChI=1S/C13H17ClO/c1-4-5-11-8-12(7-10(3)15)9(2)6-13(11)14/h6,8H,4-5,7H2,1-3H3. The van der Waals surface area contributed by atoms with E-state index in [1.807, 2.05) is 13.0 Å². The maximum Gasteiger partial charge on any atom is 0.134 e. The number of carbonyl (C=O) groups is 1. The Bertz CT molecular complexity index is 369. The first-order chi connectivity index (χ1) is 7.04. The summed E-state index contributed by atoms with van der Waals surface area (Å²) in [6.07, 6.45) is 2.56. The van der Waals surface area contributed by atoms with Crippen LogP contribution < -0.4 is 0 Å². The van der Waals surface area contributed by atoms with Crippen molar-refractivity contribution in [3.8, 4) is 0 Å². The molecular weight excluding hydrogens is 208 g/mol. The van der Waals surface area contributed by atoms with Gasteiger partial charge in [-0.1, -0.05) is 31.0 Å². The van der Waals surface area contributed by atoms with Crippen LogP contribution in [0.2, 0.25) is 5.02 Å². The van der Waals surface area contributed by atoms with Crippen molar-refractivity contribution >= 4 is 17.4 Å². The van der Waals surface area contributed by atoms with E-state index in [-0.39, 0.29) is 5.78 Å². The first-order valence-corrected chi connectivity index (χ1v) is 5.69. The van der Waals surface area contributed by atoms with Gasteiger partial charge in [0.2, 0.25) is 0 Å². The average Bonchev–Trinajstić information content (AvgIpc) is 2.12. The zero-order valence-corrected chi connectivity index (χ0v) is 10.3. The number of aryl methyl sites for hydroxylation is 2. The normalized spacial score (nSPS) is 10.4. The Labute approximate surface area is 96.5 Å². The van der Waals surface area contributed by atoms with Crippen LogP contribution >= 0.6 is 11.6 Å². The molecule has 0 saturated heterocycles. The van der Waals surface area contributed by atoms with Crippen molar-refractivity contribution in [1.29, 1.82) is 0 Å². The third-order valence-corrected chi connectivity index (χ3v) is 2.82. The SMILES string of the molecule is CCCc1cc(CC(C)=O)c(C)cc1Cl. The van der Waals surface area contributed by atoms with E-state index in [0.29, 0.717) is 6.42 Å². The van der Waals surface area contributed by atoms with Crippen LogP contribution in [0.5, 0.6) is 0 Å². The van der Waals surface area contributed by atoms with Gasteiger partial charge in [-0.25, -0.2) is 0 Å². The smallest absolute Gasteiger partial charge is 0.134 e. The summed E-state index contributed by atoms with van der Waals surface area (Å²) in [5.41, 5.74) is 3.37. The zero-order chi connectivity index (χ0) is 11.4. The lowest BCUT2D eigenvalue weighted by molar-refractivity contribution is -0.116. The molecule has 1 rings (SSSR count). The lowest BCUT2D eigenvalue weighted by Crippen LogP contribution is -2.00. The van der Waals surface area contributed by atoms with E-state index < -0.39 is 0 Å². The number of Topliss-reactive ketones (excluding diaryl/α,β-unsaturated/α-hetero) is 1. The van der Waals surface area contributed by atoms with Gasteiger partial charge in [-0.3, -0.25) is 4.79 Å². The minimum absolute atomic E-state index is 0.197. The summed E-state index contributed by atoms with van der Waals surface area (Å²) in [7, 11) is 0. The first kappa shape index (κ1) is 12.3. The van der Waals surface area contributed by atoms with Gasteiger partial charge in [0.25, 0.3) is 0 Å². The number of benzene rings is 1. The van der Waals surface area contributed by atoms with E-state index >= 15 is 0 Å². The van der Waals surface area contributed by atoms with Gasteiger partial charge in [0.05, 0.1) is 0 Å². The molecule has 1 aromatic carbocycles. The van der Waals surface area contributed by atoms with Crippen molar-refractivity contribution in [3.63, 3.8) is 0 Å². The second kappa shape index (κ2) is 5.32. The molecule has 0 atom stereocenters. The molecule has 0 amide bonds. The number of carbonyl (C=O) groups excluding carboxylic acids is 1. The van der Waals surface area contributed by atoms with Crippen molar-refractivity contribution in [3.05, 3.63) is 33.8 Å². The molecule has 0 radical (unpaired) electrons. The summed E-state index contributed by atoms with van der Waals surface area (Å²) >= 11 is 6.13. The molecule has 0 bridgehead atoms. The van der Waals surface area contributed by atoms with Crippen molar-refractivity contribution in [2.75, 3.05) is 0 Å². The third kappa shape index (κ3) is 3.35. The van der Waals surface area contributed by atoms with Crippen LogP contribution in [0.4, 0.5) is 0 Å². The maximum absolute atomic E-state index is 11.1. The summed E-state index contributed by atoms with van der Waals surface area (Å²) in [6, 6.07) is 4.04. The molecule has 0 fully saturated rings. The van der Waals surface area contributed by atoms with E-state index in [4.69, 9.17) is 11.6 Å². The number of ketones is 1. The third-order valence-electron chi connectivity index (χ3n) is 2.46. The monoisotopic (exact) mass is 224 g/mol. The van der Waals surface area contributed by atoms with Gasteiger partial charge < -0.3 is 0 Å². The highest BCUT2D eigenvalue weighted by molar-refractivity contribution is 6.31. The minimum Gasteiger partial charge on any atom is -0.300 e. The van der Waals surface area contributed by atoms with Gasteiger partial charge in [-0.15, -0.1) is 0 Å². The Morgan fingerprint density at radius 3 is 2.53 bits per heavy atom. The van der Waals surface area contributed by atoms with Gasteiger partial charge in [0.15, 0.2) is 0 Å². The molecule has 1 aromatic rings. The summed E-state index contributed by atoms with van der Waals surface area (Å²) in [4.78, 5) is 11.1. The number of hydrogen-bond acceptors (Lipinski definition) is 1. The van der Waals surface area contributed by atoms with Gasteiger partial charge in [-0.2, -0.15) is 0 Å². The molecule has 0 N–H and O–H groups in total. The molecule has 15 heavy (non-hydrogen) atoms. The molecular formula is C13H17ClO. The van der Waals surface area contributed by atoms with Crippen LogP contribution in [0.3, 0.4) is 0 Å². The van der Waals surface area contributed by atoms with Crippen LogP contribution in [0.15, 0.2) is 12.1 Å². The van der Waals surface area contributed by atoms with Crippen LogP contribution in [-0.2, 0) is 17.6 Å². The number of hydrogen-bond donors (Lipinski definition) is 0. The van der Waals surface area contributed by atoms with E-state index in [1.165, 1.54) is 0 Å². The van der Waals surface area contributed by atoms with Crippen LogP contribution in [-0.4, -0.2) is 5.78 Å². The van der Waals surface area contributed by atoms with E-state index in [2.05, 4.69) is 13.0 Å². The second-order valence-electron chi connectivity index (χ2n) is 4.00. The molecule has 0 heterocycles. The molecule has 0 aliphatic rings. The summed E-state index contributed by atoms with van der Waals surface area (Å²) in [6.45, 7) is 5.74. The molecule has 0 aliphatic carbocycles. The van der Waals surface area contributed by atoms with Gasteiger partial charge in [-0.05, 0) is 43.0 Å². The highest BCUT2D eigenvalue weighted by Gasteiger charge is 2.07. The van der Waals surface area contributed by atoms with Crippen LogP contribution in [0, 0.1) is 6.92 Å². The average molecular weight is 225 g/mol. The fraction of sp³-hybridized carbons (Fsp3) is 0.462. The Kier molecular flexibility index (Phi) is 4.34. The Hall–Kier alpha value is -0.820. The topological polar surface area (TPSA) is 17.1 Å². The van der Waals surface area contributed by atoms with Crippen LogP contribution in [0.1, 0.15) is 37.0 Å². The lowest BCUT2D eigenvalue weighted by Gasteiger charge is -2.09. The number of halogens is 1. The summed E-state index contributed by atoms with van der Waals surface area (Å²) in [5.74, 6) is 0.197. The quantitative estimate of drug-likeness (QED) is 0.762. The molecule has 82 valence electrons. The minimum atomic E-state index is 0.197. The molecule has 0 aromatic heterocycles. The van der Waals surface area contributed by atoms with Crippen molar-refractivity contribution < 1.29 is 4.79 Å². The predicted octanol–water partition coefficient (Wildman–Crippen LogP) is 3.73. The molecule has 1 nitrogen and oxygen atoms in total. The van der Waals surface area contributed by atoms with Crippen molar-refractivity contribution in [2.45, 2.75) is 40.0 Å². The largest absolute Gasteiger partial charge is 0.300 e. The fourth-order valence-electron chi connectivity index (χ4n) is 1.69. The van der Waals surface area contributed by atoms with Crippen LogP contribution in [0.25, 0.3) is 0 Å². The predicted molar refractivity (Wildman–Crippen MR) is 64.6 cm³/mol. The van der Waals surface area contributed by atoms with E-state index in [1.54, 1.807) is 6.92 Å². The molecule has 0 saturated carbocycles. The summed E-state index contributed by atoms with van der Waals surface area (Å²) in [5, 5.41) is 0.821. The highest BCUT2D eigenvalue weighted by Crippen LogP contribution is 2.23. The van der Waals surface area contributed by atoms with Crippen molar-refractivity contribution in [1.82, 2.24) is 0 Å². The Balaban J connectivity index is 3.05. The van der Waals surface area contributed by atoms with Gasteiger partial charge >= 0.3 is 0 Å². The molecule has 0 spiro atoms. The Morgan fingerprint density at radius 1 is 1.33 bits per heavy atom. The van der Waals surface area contributed by atoms with Crippen molar-refractivity contribution in [2.24, 2.45) is 0 Å². The van der Waals surface area contributed by atoms with Gasteiger partial charge in [0.1, 0.15) is 5.78 Å². The zero-order valence-electron chi connectivity index (χ0n) is 9.56. The molecule has 0 aliphatic heterocycles. The van der Waals surface area contributed by atoms with Gasteiger partial charge in [0, 0.05) is 11.4 Å². The summed E-state index contributed by atoms with van der Waals surface area (Å²) < 4.78 is 0.